The summed E-state index contributed by atoms with van der Waals surface area (Å²) in [6, 6.07) is 5.77. The van der Waals surface area contributed by atoms with Gasteiger partial charge in [0.05, 0.1) is 17.9 Å². The number of hydrogen-bond acceptors (Lipinski definition) is 5. The quantitative estimate of drug-likeness (QED) is 0.782. The molecule has 2 aromatic heterocycles. The van der Waals surface area contributed by atoms with Gasteiger partial charge in [0.15, 0.2) is 0 Å². The fourth-order valence-electron chi connectivity index (χ4n) is 4.04. The van der Waals surface area contributed by atoms with Crippen molar-refractivity contribution in [1.29, 1.82) is 0 Å². The van der Waals surface area contributed by atoms with E-state index in [4.69, 9.17) is 5.10 Å². The third-order valence-corrected chi connectivity index (χ3v) is 5.83. The Morgan fingerprint density at radius 2 is 1.71 bits per heavy atom. The van der Waals surface area contributed by atoms with Crippen LogP contribution in [-0.4, -0.2) is 62.1 Å². The highest BCUT2D eigenvalue weighted by Crippen LogP contribution is 2.18. The first-order valence-electron chi connectivity index (χ1n) is 10.5. The van der Waals surface area contributed by atoms with Crippen LogP contribution in [-0.2, 0) is 31.5 Å². The van der Waals surface area contributed by atoms with E-state index in [9.17, 15) is 4.79 Å². The van der Waals surface area contributed by atoms with Gasteiger partial charge in [-0.1, -0.05) is 20.8 Å². The molecule has 1 fully saturated rings. The zero-order chi connectivity index (χ0) is 19.7. The van der Waals surface area contributed by atoms with Gasteiger partial charge >= 0.3 is 0 Å². The van der Waals surface area contributed by atoms with Crippen molar-refractivity contribution in [2.75, 3.05) is 32.7 Å². The first kappa shape index (κ1) is 19.3. The van der Waals surface area contributed by atoms with Crippen LogP contribution < -0.4 is 5.56 Å². The van der Waals surface area contributed by atoms with Gasteiger partial charge in [-0.15, -0.1) is 0 Å². The second-order valence-electron chi connectivity index (χ2n) is 9.10. The SMILES string of the molecule is CC(C)(C)c1ccc(=O)n(CCN2CCN(Cc3cc4n(n3)CCC4)CC2)n1. The van der Waals surface area contributed by atoms with E-state index in [1.54, 1.807) is 10.7 Å². The molecule has 0 unspecified atom stereocenters. The molecule has 152 valence electrons. The van der Waals surface area contributed by atoms with Gasteiger partial charge in [-0.3, -0.25) is 19.3 Å². The lowest BCUT2D eigenvalue weighted by atomic mass is 9.92. The van der Waals surface area contributed by atoms with Gasteiger partial charge in [0, 0.05) is 63.0 Å². The van der Waals surface area contributed by atoms with Crippen molar-refractivity contribution in [3.63, 3.8) is 0 Å². The number of fused-ring (bicyclic) bond motifs is 1. The first-order chi connectivity index (χ1) is 13.4. The largest absolute Gasteiger partial charge is 0.299 e. The number of rotatable bonds is 5. The van der Waals surface area contributed by atoms with Gasteiger partial charge in [-0.2, -0.15) is 10.2 Å². The molecule has 28 heavy (non-hydrogen) atoms. The second kappa shape index (κ2) is 7.79. The third-order valence-electron chi connectivity index (χ3n) is 5.83. The maximum atomic E-state index is 12.2. The number of hydrogen-bond donors (Lipinski definition) is 0. The van der Waals surface area contributed by atoms with Crippen LogP contribution >= 0.6 is 0 Å². The molecule has 0 spiro atoms. The van der Waals surface area contributed by atoms with E-state index >= 15 is 0 Å². The van der Waals surface area contributed by atoms with Crippen LogP contribution in [0.25, 0.3) is 0 Å². The Morgan fingerprint density at radius 1 is 0.964 bits per heavy atom. The van der Waals surface area contributed by atoms with E-state index in [0.717, 1.165) is 51.5 Å². The predicted molar refractivity (Wildman–Crippen MR) is 109 cm³/mol. The minimum Gasteiger partial charge on any atom is -0.299 e. The van der Waals surface area contributed by atoms with Gasteiger partial charge in [-0.05, 0) is 25.0 Å². The van der Waals surface area contributed by atoms with Crippen LogP contribution in [0.15, 0.2) is 23.0 Å². The molecule has 0 amide bonds. The Morgan fingerprint density at radius 3 is 2.43 bits per heavy atom. The average Bonchev–Trinajstić information content (AvgIpc) is 3.23. The third kappa shape index (κ3) is 4.36. The first-order valence-corrected chi connectivity index (χ1v) is 10.5. The second-order valence-corrected chi connectivity index (χ2v) is 9.10. The molecule has 0 saturated carbocycles. The van der Waals surface area contributed by atoms with Crippen molar-refractivity contribution >= 4 is 0 Å². The molecule has 0 atom stereocenters. The summed E-state index contributed by atoms with van der Waals surface area (Å²) in [4.78, 5) is 17.1. The van der Waals surface area contributed by atoms with Gasteiger partial charge in [0.1, 0.15) is 0 Å². The Balaban J connectivity index is 1.27. The summed E-state index contributed by atoms with van der Waals surface area (Å²) in [7, 11) is 0. The Labute approximate surface area is 166 Å². The molecule has 7 heteroatoms. The number of aromatic nitrogens is 4. The maximum absolute atomic E-state index is 12.2. The van der Waals surface area contributed by atoms with Crippen LogP contribution in [0, 0.1) is 0 Å². The van der Waals surface area contributed by atoms with E-state index in [1.165, 1.54) is 24.2 Å². The Bertz CT molecular complexity index is 848. The average molecular weight is 385 g/mol. The van der Waals surface area contributed by atoms with Gasteiger partial charge < -0.3 is 0 Å². The highest BCUT2D eigenvalue weighted by atomic mass is 16.1. The lowest BCUT2D eigenvalue weighted by Gasteiger charge is -2.34. The number of aryl methyl sites for hydroxylation is 2. The topological polar surface area (TPSA) is 59.2 Å². The normalized spacial score (nSPS) is 18.5. The van der Waals surface area contributed by atoms with Crippen molar-refractivity contribution in [3.05, 3.63) is 45.6 Å². The molecule has 2 aromatic rings. The lowest BCUT2D eigenvalue weighted by molar-refractivity contribution is 0.121. The van der Waals surface area contributed by atoms with E-state index in [0.29, 0.717) is 6.54 Å². The van der Waals surface area contributed by atoms with Crippen molar-refractivity contribution in [1.82, 2.24) is 29.4 Å². The molecule has 0 aliphatic carbocycles. The molecule has 1 saturated heterocycles. The minimum absolute atomic E-state index is 0.0144. The highest BCUT2D eigenvalue weighted by Gasteiger charge is 2.21. The summed E-state index contributed by atoms with van der Waals surface area (Å²) in [5.41, 5.74) is 3.50. The van der Waals surface area contributed by atoms with E-state index in [1.807, 2.05) is 6.07 Å². The molecule has 4 rings (SSSR count). The zero-order valence-corrected chi connectivity index (χ0v) is 17.4. The summed E-state index contributed by atoms with van der Waals surface area (Å²) >= 11 is 0. The van der Waals surface area contributed by atoms with E-state index in [2.05, 4.69) is 46.4 Å². The standard InChI is InChI=1S/C21H32N6O/c1-21(2,3)19-6-7-20(28)27(23-19)14-13-24-9-11-25(12-10-24)16-17-15-18-5-4-8-26(18)22-17/h6-7,15H,4-5,8-14,16H2,1-3H3. The zero-order valence-electron chi connectivity index (χ0n) is 17.4. The van der Waals surface area contributed by atoms with Gasteiger partial charge in [0.25, 0.3) is 5.56 Å². The highest BCUT2D eigenvalue weighted by molar-refractivity contribution is 5.13. The molecule has 7 nitrogen and oxygen atoms in total. The monoisotopic (exact) mass is 384 g/mol. The lowest BCUT2D eigenvalue weighted by Crippen LogP contribution is -2.47. The van der Waals surface area contributed by atoms with Crippen LogP contribution in [0.5, 0.6) is 0 Å². The van der Waals surface area contributed by atoms with Gasteiger partial charge in [-0.25, -0.2) is 4.68 Å². The Hall–Kier alpha value is -1.99. The van der Waals surface area contributed by atoms with E-state index < -0.39 is 0 Å². The minimum atomic E-state index is -0.0472. The molecular formula is C21H32N6O. The fourth-order valence-corrected chi connectivity index (χ4v) is 4.04. The Kier molecular flexibility index (Phi) is 5.38. The van der Waals surface area contributed by atoms with Crippen molar-refractivity contribution < 1.29 is 0 Å². The van der Waals surface area contributed by atoms with Crippen LogP contribution in [0.3, 0.4) is 0 Å². The maximum Gasteiger partial charge on any atom is 0.266 e. The van der Waals surface area contributed by atoms with Crippen molar-refractivity contribution in [3.8, 4) is 0 Å². The van der Waals surface area contributed by atoms with Crippen LogP contribution in [0.1, 0.15) is 44.3 Å². The summed E-state index contributed by atoms with van der Waals surface area (Å²) in [6.45, 7) is 14.1. The summed E-state index contributed by atoms with van der Waals surface area (Å²) in [5.74, 6) is 0. The molecule has 0 bridgehead atoms. The summed E-state index contributed by atoms with van der Waals surface area (Å²) in [6.07, 6.45) is 2.41. The molecular weight excluding hydrogens is 352 g/mol. The summed E-state index contributed by atoms with van der Waals surface area (Å²) < 4.78 is 3.79. The van der Waals surface area contributed by atoms with Crippen molar-refractivity contribution in [2.45, 2.75) is 58.7 Å². The molecule has 0 N–H and O–H groups in total. The van der Waals surface area contributed by atoms with Crippen LogP contribution in [0.2, 0.25) is 0 Å². The summed E-state index contributed by atoms with van der Waals surface area (Å²) in [5, 5.41) is 9.31. The molecule has 0 radical (unpaired) electrons. The molecule has 0 aromatic carbocycles. The van der Waals surface area contributed by atoms with Crippen molar-refractivity contribution in [2.24, 2.45) is 0 Å². The van der Waals surface area contributed by atoms with Crippen LogP contribution in [0.4, 0.5) is 0 Å². The molecule has 2 aliphatic heterocycles. The number of nitrogens with zero attached hydrogens (tertiary/aromatic N) is 6. The smallest absolute Gasteiger partial charge is 0.266 e. The molecule has 4 heterocycles. The van der Waals surface area contributed by atoms with E-state index in [-0.39, 0.29) is 11.0 Å². The number of piperazine rings is 1. The van der Waals surface area contributed by atoms with Gasteiger partial charge in [0.2, 0.25) is 0 Å². The fraction of sp³-hybridized carbons (Fsp3) is 0.667. The predicted octanol–water partition coefficient (Wildman–Crippen LogP) is 1.50. The molecule has 2 aliphatic rings.